The molecule has 130 valence electrons. The molecule has 0 saturated heterocycles. The number of halogens is 1. The molecule has 0 atom stereocenters. The van der Waals surface area contributed by atoms with Gasteiger partial charge in [0.25, 0.3) is 5.56 Å². The minimum absolute atomic E-state index is 0.0506. The quantitative estimate of drug-likeness (QED) is 0.597. The van der Waals surface area contributed by atoms with E-state index >= 15 is 0 Å². The molecule has 1 heterocycles. The lowest BCUT2D eigenvalue weighted by Crippen LogP contribution is -2.39. The molecule has 25 heavy (non-hydrogen) atoms. The number of benzene rings is 2. The lowest BCUT2D eigenvalue weighted by atomic mass is 10.1. The van der Waals surface area contributed by atoms with Crippen LogP contribution in [0.4, 0.5) is 0 Å². The first kappa shape index (κ1) is 17.4. The molecule has 3 aromatic rings. The normalized spacial score (nSPS) is 11.6. The van der Waals surface area contributed by atoms with Crippen LogP contribution in [-0.2, 0) is 24.2 Å². The van der Waals surface area contributed by atoms with Crippen molar-refractivity contribution in [1.29, 1.82) is 0 Å². The maximum Gasteiger partial charge on any atom is 0.346 e. The number of hydrogen-bond acceptors (Lipinski definition) is 5. The summed E-state index contributed by atoms with van der Waals surface area (Å²) >= 11 is 3.34. The third-order valence-electron chi connectivity index (χ3n) is 3.71. The van der Waals surface area contributed by atoms with Crippen LogP contribution >= 0.6 is 15.9 Å². The zero-order chi connectivity index (χ0) is 18.4. The Kier molecular flexibility index (Phi) is 4.29. The van der Waals surface area contributed by atoms with Crippen molar-refractivity contribution < 1.29 is 12.6 Å². The molecule has 0 aliphatic heterocycles. The van der Waals surface area contributed by atoms with E-state index in [1.165, 1.54) is 20.2 Å². The van der Waals surface area contributed by atoms with Gasteiger partial charge in [0.05, 0.1) is 4.47 Å². The summed E-state index contributed by atoms with van der Waals surface area (Å²) in [5, 5.41) is 1.67. The Morgan fingerprint density at radius 2 is 1.72 bits per heavy atom. The second kappa shape index (κ2) is 6.16. The van der Waals surface area contributed by atoms with Crippen molar-refractivity contribution in [3.8, 4) is 5.75 Å². The zero-order valence-electron chi connectivity index (χ0n) is 13.3. The summed E-state index contributed by atoms with van der Waals surface area (Å²) < 4.78 is 32.4. The molecule has 2 aromatic carbocycles. The molecule has 0 fully saturated rings. The van der Waals surface area contributed by atoms with Crippen molar-refractivity contribution in [2.75, 3.05) is 0 Å². The van der Waals surface area contributed by atoms with Crippen LogP contribution in [0.1, 0.15) is 0 Å². The lowest BCUT2D eigenvalue weighted by molar-refractivity contribution is 0.479. The lowest BCUT2D eigenvalue weighted by Gasteiger charge is -2.11. The number of rotatable bonds is 3. The van der Waals surface area contributed by atoms with Gasteiger partial charge in [-0.3, -0.25) is 9.36 Å². The van der Waals surface area contributed by atoms with E-state index in [-0.39, 0.29) is 5.75 Å². The first-order valence-electron chi connectivity index (χ1n) is 7.11. The zero-order valence-corrected chi connectivity index (χ0v) is 15.7. The highest BCUT2D eigenvalue weighted by Crippen LogP contribution is 2.34. The fraction of sp³-hybridized carbons (Fsp3) is 0.125. The number of nitrogens with zero attached hydrogens (tertiary/aromatic N) is 2. The van der Waals surface area contributed by atoms with Gasteiger partial charge in [-0.05, 0) is 32.8 Å². The second-order valence-electron chi connectivity index (χ2n) is 5.39. The Bertz CT molecular complexity index is 1210. The average molecular weight is 425 g/mol. The van der Waals surface area contributed by atoms with E-state index in [9.17, 15) is 18.0 Å². The summed E-state index contributed by atoms with van der Waals surface area (Å²) in [6, 6.07) is 10.6. The summed E-state index contributed by atoms with van der Waals surface area (Å²) in [4.78, 5) is 23.3. The van der Waals surface area contributed by atoms with Gasteiger partial charge in [0.15, 0.2) is 10.6 Å². The van der Waals surface area contributed by atoms with Crippen LogP contribution < -0.4 is 15.4 Å². The monoisotopic (exact) mass is 424 g/mol. The van der Waals surface area contributed by atoms with Gasteiger partial charge in [-0.1, -0.05) is 30.3 Å². The predicted octanol–water partition coefficient (Wildman–Crippen LogP) is 1.77. The molecule has 9 heteroatoms. The summed E-state index contributed by atoms with van der Waals surface area (Å²) in [6.07, 6.45) is 0.953. The standard InChI is InChI=1S/C16H13BrN2O5S/c1-18-9-13(15(20)19(2)16(18)21)25(22,23)24-12-8-7-10-5-3-4-6-11(10)14(12)17/h3-9H,1-2H3. The van der Waals surface area contributed by atoms with E-state index in [0.717, 1.165) is 21.5 Å². The van der Waals surface area contributed by atoms with Crippen LogP contribution in [0, 0.1) is 0 Å². The number of hydrogen-bond donors (Lipinski definition) is 0. The maximum absolute atomic E-state index is 12.6. The Morgan fingerprint density at radius 1 is 1.04 bits per heavy atom. The molecule has 7 nitrogen and oxygen atoms in total. The third-order valence-corrected chi connectivity index (χ3v) is 5.75. The second-order valence-corrected chi connectivity index (χ2v) is 7.70. The van der Waals surface area contributed by atoms with Crippen molar-refractivity contribution in [1.82, 2.24) is 9.13 Å². The molecule has 0 radical (unpaired) electrons. The highest BCUT2D eigenvalue weighted by atomic mass is 79.9. The van der Waals surface area contributed by atoms with Gasteiger partial charge in [-0.2, -0.15) is 8.42 Å². The molecular weight excluding hydrogens is 412 g/mol. The fourth-order valence-electron chi connectivity index (χ4n) is 2.39. The van der Waals surface area contributed by atoms with Crippen LogP contribution in [0.3, 0.4) is 0 Å². The Labute approximate surface area is 151 Å². The van der Waals surface area contributed by atoms with Gasteiger partial charge in [-0.25, -0.2) is 4.79 Å². The molecule has 0 amide bonds. The topological polar surface area (TPSA) is 87.4 Å². The largest absolute Gasteiger partial charge is 0.378 e. The molecule has 0 saturated carbocycles. The van der Waals surface area contributed by atoms with Crippen LogP contribution in [0.5, 0.6) is 5.75 Å². The molecule has 0 aliphatic rings. The van der Waals surface area contributed by atoms with Crippen LogP contribution in [0.25, 0.3) is 10.8 Å². The van der Waals surface area contributed by atoms with Gasteiger partial charge in [-0.15, -0.1) is 0 Å². The molecule has 0 spiro atoms. The van der Waals surface area contributed by atoms with E-state index in [0.29, 0.717) is 9.04 Å². The van der Waals surface area contributed by atoms with Gasteiger partial charge in [0, 0.05) is 20.3 Å². The van der Waals surface area contributed by atoms with Crippen LogP contribution in [0.2, 0.25) is 0 Å². The summed E-state index contributed by atoms with van der Waals surface area (Å²) in [5.74, 6) is 0.0506. The smallest absolute Gasteiger partial charge is 0.346 e. The Morgan fingerprint density at radius 3 is 2.44 bits per heavy atom. The molecule has 0 unspecified atom stereocenters. The molecular formula is C16H13BrN2O5S. The van der Waals surface area contributed by atoms with E-state index in [1.807, 2.05) is 24.3 Å². The number of aromatic nitrogens is 2. The highest BCUT2D eigenvalue weighted by Gasteiger charge is 2.25. The van der Waals surface area contributed by atoms with Gasteiger partial charge in [0.2, 0.25) is 0 Å². The average Bonchev–Trinajstić information content (AvgIpc) is 2.58. The van der Waals surface area contributed by atoms with Crippen LogP contribution in [-0.4, -0.2) is 17.6 Å². The van der Waals surface area contributed by atoms with Gasteiger partial charge in [0.1, 0.15) is 0 Å². The number of aryl methyl sites for hydroxylation is 1. The van der Waals surface area contributed by atoms with Crippen molar-refractivity contribution >= 4 is 36.8 Å². The fourth-order valence-corrected chi connectivity index (χ4v) is 4.17. The van der Waals surface area contributed by atoms with Gasteiger partial charge >= 0.3 is 15.8 Å². The van der Waals surface area contributed by atoms with Crippen molar-refractivity contribution in [2.24, 2.45) is 14.1 Å². The van der Waals surface area contributed by atoms with Gasteiger partial charge < -0.3 is 8.75 Å². The van der Waals surface area contributed by atoms with E-state index < -0.39 is 26.3 Å². The molecule has 0 aliphatic carbocycles. The number of fused-ring (bicyclic) bond motifs is 1. The minimum atomic E-state index is -4.42. The Balaban J connectivity index is 2.14. The van der Waals surface area contributed by atoms with Crippen LogP contribution in [0.15, 0.2) is 61.6 Å². The van der Waals surface area contributed by atoms with Crippen molar-refractivity contribution in [2.45, 2.75) is 4.90 Å². The predicted molar refractivity (Wildman–Crippen MR) is 96.4 cm³/mol. The highest BCUT2D eigenvalue weighted by molar-refractivity contribution is 9.10. The first-order valence-corrected chi connectivity index (χ1v) is 9.31. The molecule has 3 rings (SSSR count). The summed E-state index contributed by atoms with van der Waals surface area (Å²) in [5.41, 5.74) is -1.57. The third kappa shape index (κ3) is 3.00. The van der Waals surface area contributed by atoms with E-state index in [2.05, 4.69) is 15.9 Å². The van der Waals surface area contributed by atoms with Crippen molar-refractivity contribution in [3.63, 3.8) is 0 Å². The first-order chi connectivity index (χ1) is 11.7. The molecule has 1 aromatic heterocycles. The molecule has 0 bridgehead atoms. The summed E-state index contributed by atoms with van der Waals surface area (Å²) in [7, 11) is -1.86. The summed E-state index contributed by atoms with van der Waals surface area (Å²) in [6.45, 7) is 0. The maximum atomic E-state index is 12.6. The SMILES string of the molecule is Cn1cc(S(=O)(=O)Oc2ccc3ccccc3c2Br)c(=O)n(C)c1=O. The van der Waals surface area contributed by atoms with E-state index in [4.69, 9.17) is 4.18 Å². The van der Waals surface area contributed by atoms with E-state index in [1.54, 1.807) is 6.07 Å². The molecule has 0 N–H and O–H groups in total. The van der Waals surface area contributed by atoms with Crippen molar-refractivity contribution in [3.05, 3.63) is 67.9 Å². The minimum Gasteiger partial charge on any atom is -0.378 e. The Hall–Kier alpha value is -2.39.